The van der Waals surface area contributed by atoms with E-state index in [1.165, 1.54) is 6.42 Å². The van der Waals surface area contributed by atoms with E-state index in [1.807, 2.05) is 18.2 Å². The Bertz CT molecular complexity index is 470. The van der Waals surface area contributed by atoms with Gasteiger partial charge in [-0.1, -0.05) is 6.07 Å². The third-order valence-electron chi connectivity index (χ3n) is 3.86. The lowest BCUT2D eigenvalue weighted by atomic mass is 9.80. The van der Waals surface area contributed by atoms with Gasteiger partial charge < -0.3 is 14.8 Å². The van der Waals surface area contributed by atoms with Crippen LogP contribution in [0.2, 0.25) is 0 Å². The van der Waals surface area contributed by atoms with Gasteiger partial charge in [0.25, 0.3) is 0 Å². The normalized spacial score (nSPS) is 16.5. The Morgan fingerprint density at radius 3 is 2.68 bits per heavy atom. The summed E-state index contributed by atoms with van der Waals surface area (Å²) in [5.74, 6) is 0.624. The molecule has 19 heavy (non-hydrogen) atoms. The summed E-state index contributed by atoms with van der Waals surface area (Å²) in [7, 11) is 3.36. The van der Waals surface area contributed by atoms with Gasteiger partial charge in [0.05, 0.1) is 18.3 Å². The van der Waals surface area contributed by atoms with Gasteiger partial charge in [-0.3, -0.25) is 0 Å². The summed E-state index contributed by atoms with van der Waals surface area (Å²) in [6.45, 7) is 1.60. The van der Waals surface area contributed by atoms with E-state index in [-0.39, 0.29) is 5.60 Å². The zero-order chi connectivity index (χ0) is 13.7. The third-order valence-corrected chi connectivity index (χ3v) is 3.86. The Kier molecular flexibility index (Phi) is 4.41. The predicted octanol–water partition coefficient (Wildman–Crippen LogP) is 2.23. The summed E-state index contributed by atoms with van der Waals surface area (Å²) in [5.41, 5.74) is 1.69. The van der Waals surface area contributed by atoms with Crippen LogP contribution < -0.4 is 10.1 Å². The van der Waals surface area contributed by atoms with Crippen molar-refractivity contribution in [1.82, 2.24) is 5.32 Å². The molecule has 0 radical (unpaired) electrons. The minimum atomic E-state index is 0.0323. The standard InChI is InChI=1S/C15H20N2O2/c1-18-14-5-4-12(8-13(14)9-16)10-17-11-15(19-2)6-3-7-15/h4-5,8,17H,3,6-7,10-11H2,1-2H3. The van der Waals surface area contributed by atoms with Gasteiger partial charge >= 0.3 is 0 Å². The van der Waals surface area contributed by atoms with Gasteiger partial charge in [0.2, 0.25) is 0 Å². The number of hydrogen-bond acceptors (Lipinski definition) is 4. The zero-order valence-corrected chi connectivity index (χ0v) is 11.5. The lowest BCUT2D eigenvalue weighted by molar-refractivity contribution is -0.0695. The lowest BCUT2D eigenvalue weighted by Gasteiger charge is -2.40. The molecule has 1 aliphatic rings. The SMILES string of the molecule is COc1ccc(CNCC2(OC)CCC2)cc1C#N. The highest BCUT2D eigenvalue weighted by atomic mass is 16.5. The van der Waals surface area contributed by atoms with E-state index < -0.39 is 0 Å². The van der Waals surface area contributed by atoms with Crippen LogP contribution in [-0.2, 0) is 11.3 Å². The van der Waals surface area contributed by atoms with Crippen LogP contribution in [0.5, 0.6) is 5.75 Å². The highest BCUT2D eigenvalue weighted by molar-refractivity contribution is 5.45. The molecule has 102 valence electrons. The van der Waals surface area contributed by atoms with Gasteiger partial charge in [-0.15, -0.1) is 0 Å². The van der Waals surface area contributed by atoms with Crippen molar-refractivity contribution in [3.8, 4) is 11.8 Å². The summed E-state index contributed by atoms with van der Waals surface area (Å²) in [5, 5.41) is 12.5. The van der Waals surface area contributed by atoms with Crippen molar-refractivity contribution >= 4 is 0 Å². The maximum absolute atomic E-state index is 9.04. The first-order valence-corrected chi connectivity index (χ1v) is 6.56. The first-order valence-electron chi connectivity index (χ1n) is 6.56. The molecule has 0 amide bonds. The molecule has 0 aliphatic heterocycles. The molecular formula is C15H20N2O2. The molecule has 0 bridgehead atoms. The quantitative estimate of drug-likeness (QED) is 0.852. The Hall–Kier alpha value is -1.57. The molecule has 0 atom stereocenters. The minimum Gasteiger partial charge on any atom is -0.495 e. The topological polar surface area (TPSA) is 54.3 Å². The summed E-state index contributed by atoms with van der Waals surface area (Å²) >= 11 is 0. The average Bonchev–Trinajstić information content (AvgIpc) is 2.41. The van der Waals surface area contributed by atoms with Crippen LogP contribution in [-0.4, -0.2) is 26.4 Å². The van der Waals surface area contributed by atoms with Crippen molar-refractivity contribution in [3.05, 3.63) is 29.3 Å². The van der Waals surface area contributed by atoms with Crippen molar-refractivity contribution in [1.29, 1.82) is 5.26 Å². The monoisotopic (exact) mass is 260 g/mol. The smallest absolute Gasteiger partial charge is 0.136 e. The largest absolute Gasteiger partial charge is 0.495 e. The molecular weight excluding hydrogens is 240 g/mol. The number of ether oxygens (including phenoxy) is 2. The molecule has 4 heteroatoms. The van der Waals surface area contributed by atoms with E-state index in [1.54, 1.807) is 14.2 Å². The molecule has 0 heterocycles. The third kappa shape index (κ3) is 3.06. The van der Waals surface area contributed by atoms with Crippen molar-refractivity contribution in [3.63, 3.8) is 0 Å². The van der Waals surface area contributed by atoms with Crippen LogP contribution in [0.3, 0.4) is 0 Å². The molecule has 1 saturated carbocycles. The van der Waals surface area contributed by atoms with Gasteiger partial charge in [0.15, 0.2) is 0 Å². The van der Waals surface area contributed by atoms with Gasteiger partial charge in [0, 0.05) is 20.2 Å². The Labute approximate surface area is 114 Å². The minimum absolute atomic E-state index is 0.0323. The zero-order valence-electron chi connectivity index (χ0n) is 11.5. The molecule has 1 fully saturated rings. The fraction of sp³-hybridized carbons (Fsp3) is 0.533. The second-order valence-electron chi connectivity index (χ2n) is 4.99. The number of nitrogens with zero attached hydrogens (tertiary/aromatic N) is 1. The van der Waals surface area contributed by atoms with Gasteiger partial charge in [0.1, 0.15) is 11.8 Å². The molecule has 1 N–H and O–H groups in total. The number of nitriles is 1. The van der Waals surface area contributed by atoms with Crippen LogP contribution >= 0.6 is 0 Å². The van der Waals surface area contributed by atoms with E-state index in [0.717, 1.165) is 31.5 Å². The van der Waals surface area contributed by atoms with Crippen LogP contribution in [0.1, 0.15) is 30.4 Å². The Balaban J connectivity index is 1.91. The Morgan fingerprint density at radius 2 is 2.16 bits per heavy atom. The molecule has 1 aromatic carbocycles. The van der Waals surface area contributed by atoms with Crippen LogP contribution in [0, 0.1) is 11.3 Å². The van der Waals surface area contributed by atoms with Crippen molar-refractivity contribution in [2.45, 2.75) is 31.4 Å². The lowest BCUT2D eigenvalue weighted by Crippen LogP contribution is -2.47. The average molecular weight is 260 g/mol. The summed E-state index contributed by atoms with van der Waals surface area (Å²) < 4.78 is 10.7. The van der Waals surface area contributed by atoms with Gasteiger partial charge in [-0.05, 0) is 37.0 Å². The van der Waals surface area contributed by atoms with Crippen LogP contribution in [0.15, 0.2) is 18.2 Å². The first kappa shape index (κ1) is 13.9. The summed E-state index contributed by atoms with van der Waals surface area (Å²) in [4.78, 5) is 0. The number of rotatable bonds is 6. The number of hydrogen-bond donors (Lipinski definition) is 1. The molecule has 0 aromatic heterocycles. The highest BCUT2D eigenvalue weighted by Gasteiger charge is 2.36. The summed E-state index contributed by atoms with van der Waals surface area (Å²) in [6, 6.07) is 7.83. The molecule has 2 rings (SSSR count). The number of benzene rings is 1. The van der Waals surface area contributed by atoms with Crippen LogP contribution in [0.4, 0.5) is 0 Å². The van der Waals surface area contributed by atoms with Crippen molar-refractivity contribution < 1.29 is 9.47 Å². The molecule has 4 nitrogen and oxygen atoms in total. The van der Waals surface area contributed by atoms with Gasteiger partial charge in [-0.25, -0.2) is 0 Å². The molecule has 1 aliphatic carbocycles. The molecule has 0 spiro atoms. The van der Waals surface area contributed by atoms with E-state index in [0.29, 0.717) is 11.3 Å². The van der Waals surface area contributed by atoms with Crippen LogP contribution in [0.25, 0.3) is 0 Å². The maximum Gasteiger partial charge on any atom is 0.136 e. The number of nitrogens with one attached hydrogen (secondary N) is 1. The van der Waals surface area contributed by atoms with Crippen molar-refractivity contribution in [2.24, 2.45) is 0 Å². The number of methoxy groups -OCH3 is 2. The summed E-state index contributed by atoms with van der Waals surface area (Å²) in [6.07, 6.45) is 3.50. The molecule has 0 saturated heterocycles. The van der Waals surface area contributed by atoms with Gasteiger partial charge in [-0.2, -0.15) is 5.26 Å². The maximum atomic E-state index is 9.04. The highest BCUT2D eigenvalue weighted by Crippen LogP contribution is 2.34. The fourth-order valence-corrected chi connectivity index (χ4v) is 2.41. The Morgan fingerprint density at radius 1 is 1.37 bits per heavy atom. The van der Waals surface area contributed by atoms with E-state index >= 15 is 0 Å². The van der Waals surface area contributed by atoms with E-state index in [9.17, 15) is 0 Å². The molecule has 1 aromatic rings. The first-order chi connectivity index (χ1) is 9.23. The second-order valence-corrected chi connectivity index (χ2v) is 4.99. The molecule has 0 unspecified atom stereocenters. The fourth-order valence-electron chi connectivity index (χ4n) is 2.41. The van der Waals surface area contributed by atoms with E-state index in [2.05, 4.69) is 11.4 Å². The van der Waals surface area contributed by atoms with E-state index in [4.69, 9.17) is 14.7 Å². The predicted molar refractivity (Wildman–Crippen MR) is 73.0 cm³/mol. The van der Waals surface area contributed by atoms with Crippen molar-refractivity contribution in [2.75, 3.05) is 20.8 Å². The second kappa shape index (κ2) is 6.05.